The molecule has 9 heteroatoms. The minimum Gasteiger partial charge on any atom is -0.497 e. The Balaban J connectivity index is 1.40. The lowest BCUT2D eigenvalue weighted by Crippen LogP contribution is -2.49. The van der Waals surface area contributed by atoms with Crippen molar-refractivity contribution in [1.29, 1.82) is 0 Å². The van der Waals surface area contributed by atoms with E-state index in [9.17, 15) is 4.79 Å². The number of thiazole rings is 1. The SMILES string of the molecule is COc1ccc(Nc2nc(C(=O)N3CCN(c4cc(Cl)ccc4C)CC3)cs2)c(OC)c1. The number of anilines is 3. The summed E-state index contributed by atoms with van der Waals surface area (Å²) < 4.78 is 10.6. The molecular formula is C23H25ClN4O3S. The van der Waals surface area contributed by atoms with Gasteiger partial charge < -0.3 is 24.6 Å². The molecule has 0 spiro atoms. The summed E-state index contributed by atoms with van der Waals surface area (Å²) in [6.07, 6.45) is 0. The van der Waals surface area contributed by atoms with Crippen molar-refractivity contribution in [3.8, 4) is 11.5 Å². The zero-order valence-corrected chi connectivity index (χ0v) is 19.8. The van der Waals surface area contributed by atoms with Crippen LogP contribution in [0.5, 0.6) is 11.5 Å². The molecule has 1 aliphatic rings. The van der Waals surface area contributed by atoms with E-state index >= 15 is 0 Å². The highest BCUT2D eigenvalue weighted by Gasteiger charge is 2.25. The van der Waals surface area contributed by atoms with Crippen LogP contribution in [0.3, 0.4) is 0 Å². The molecule has 1 N–H and O–H groups in total. The standard InChI is InChI=1S/C23H25ClN4O3S/c1-15-4-5-16(24)12-20(15)27-8-10-28(11-9-27)22(29)19-14-32-23(26-19)25-18-7-6-17(30-2)13-21(18)31-3/h4-7,12-14H,8-11H2,1-3H3,(H,25,26). The molecule has 1 aromatic heterocycles. The number of carbonyl (C=O) groups excluding carboxylic acids is 1. The van der Waals surface area contributed by atoms with E-state index in [2.05, 4.69) is 22.1 Å². The van der Waals surface area contributed by atoms with Crippen molar-refractivity contribution >= 4 is 45.4 Å². The van der Waals surface area contributed by atoms with Gasteiger partial charge in [0, 0.05) is 48.3 Å². The quantitative estimate of drug-likeness (QED) is 0.554. The zero-order chi connectivity index (χ0) is 22.7. The lowest BCUT2D eigenvalue weighted by Gasteiger charge is -2.36. The Morgan fingerprint density at radius 2 is 1.88 bits per heavy atom. The van der Waals surface area contributed by atoms with Crippen molar-refractivity contribution in [2.75, 3.05) is 50.6 Å². The Hall–Kier alpha value is -2.97. The van der Waals surface area contributed by atoms with E-state index in [0.29, 0.717) is 35.4 Å². The first-order valence-corrected chi connectivity index (χ1v) is 11.5. The molecule has 0 unspecified atom stereocenters. The van der Waals surface area contributed by atoms with Crippen LogP contribution in [-0.2, 0) is 0 Å². The molecule has 32 heavy (non-hydrogen) atoms. The molecule has 1 aliphatic heterocycles. The summed E-state index contributed by atoms with van der Waals surface area (Å²) in [5.41, 5.74) is 3.50. The predicted molar refractivity (Wildman–Crippen MR) is 129 cm³/mol. The molecule has 0 saturated carbocycles. The Labute approximate surface area is 196 Å². The van der Waals surface area contributed by atoms with Crippen LogP contribution in [0, 0.1) is 6.92 Å². The van der Waals surface area contributed by atoms with Gasteiger partial charge in [-0.25, -0.2) is 4.98 Å². The van der Waals surface area contributed by atoms with E-state index in [4.69, 9.17) is 21.1 Å². The second kappa shape index (κ2) is 9.67. The fourth-order valence-electron chi connectivity index (χ4n) is 3.68. The van der Waals surface area contributed by atoms with Gasteiger partial charge in [0.15, 0.2) is 5.13 Å². The molecule has 168 valence electrons. The van der Waals surface area contributed by atoms with E-state index in [1.165, 1.54) is 16.9 Å². The van der Waals surface area contributed by atoms with Gasteiger partial charge in [0.1, 0.15) is 17.2 Å². The fraction of sp³-hybridized carbons (Fsp3) is 0.304. The van der Waals surface area contributed by atoms with Crippen molar-refractivity contribution in [3.05, 3.63) is 58.1 Å². The van der Waals surface area contributed by atoms with Crippen LogP contribution in [0.1, 0.15) is 16.1 Å². The summed E-state index contributed by atoms with van der Waals surface area (Å²) in [4.78, 5) is 21.6. The molecule has 0 bridgehead atoms. The molecule has 2 aromatic carbocycles. The number of hydrogen-bond donors (Lipinski definition) is 1. The Kier molecular flexibility index (Phi) is 6.72. The van der Waals surface area contributed by atoms with Gasteiger partial charge in [-0.1, -0.05) is 17.7 Å². The highest BCUT2D eigenvalue weighted by atomic mass is 35.5. The topological polar surface area (TPSA) is 66.9 Å². The number of amides is 1. The first kappa shape index (κ1) is 22.2. The number of rotatable bonds is 6. The molecule has 0 aliphatic carbocycles. The van der Waals surface area contributed by atoms with Crippen molar-refractivity contribution in [2.45, 2.75) is 6.92 Å². The van der Waals surface area contributed by atoms with Crippen molar-refractivity contribution in [2.24, 2.45) is 0 Å². The Morgan fingerprint density at radius 1 is 1.09 bits per heavy atom. The first-order chi connectivity index (χ1) is 15.5. The van der Waals surface area contributed by atoms with Crippen LogP contribution in [0.4, 0.5) is 16.5 Å². The first-order valence-electron chi connectivity index (χ1n) is 10.2. The second-order valence-electron chi connectivity index (χ2n) is 7.44. The molecule has 4 rings (SSSR count). The average molecular weight is 473 g/mol. The maximum Gasteiger partial charge on any atom is 0.273 e. The summed E-state index contributed by atoms with van der Waals surface area (Å²) in [6.45, 7) is 4.86. The Bertz CT molecular complexity index is 1110. The van der Waals surface area contributed by atoms with Gasteiger partial charge in [-0.2, -0.15) is 0 Å². The van der Waals surface area contributed by atoms with Crippen molar-refractivity contribution < 1.29 is 14.3 Å². The van der Waals surface area contributed by atoms with Crippen molar-refractivity contribution in [1.82, 2.24) is 9.88 Å². The predicted octanol–water partition coefficient (Wildman–Crippen LogP) is 4.83. The number of halogens is 1. The number of nitrogens with one attached hydrogen (secondary N) is 1. The number of benzene rings is 2. The summed E-state index contributed by atoms with van der Waals surface area (Å²) in [5, 5.41) is 6.37. The molecular weight excluding hydrogens is 448 g/mol. The van der Waals surface area contributed by atoms with Crippen molar-refractivity contribution in [3.63, 3.8) is 0 Å². The van der Waals surface area contributed by atoms with Gasteiger partial charge in [0.05, 0.1) is 19.9 Å². The minimum absolute atomic E-state index is 0.0570. The monoisotopic (exact) mass is 472 g/mol. The van der Waals surface area contributed by atoms with Crippen LogP contribution >= 0.6 is 22.9 Å². The van der Waals surface area contributed by atoms with Crippen LogP contribution in [0.15, 0.2) is 41.8 Å². The maximum absolute atomic E-state index is 13.0. The molecule has 0 radical (unpaired) electrons. The van der Waals surface area contributed by atoms with Gasteiger partial charge in [0.25, 0.3) is 5.91 Å². The van der Waals surface area contributed by atoms with Gasteiger partial charge in [0.2, 0.25) is 0 Å². The number of hydrogen-bond acceptors (Lipinski definition) is 7. The van der Waals surface area contributed by atoms with Gasteiger partial charge >= 0.3 is 0 Å². The normalized spacial score (nSPS) is 13.8. The lowest BCUT2D eigenvalue weighted by molar-refractivity contribution is 0.0742. The van der Waals surface area contributed by atoms with E-state index in [1.54, 1.807) is 25.7 Å². The smallest absolute Gasteiger partial charge is 0.273 e. The van der Waals surface area contributed by atoms with Crippen LogP contribution in [-0.4, -0.2) is 56.2 Å². The molecule has 1 fully saturated rings. The summed E-state index contributed by atoms with van der Waals surface area (Å²) in [6, 6.07) is 11.4. The Morgan fingerprint density at radius 3 is 2.59 bits per heavy atom. The molecule has 3 aromatic rings. The number of piperazine rings is 1. The third-order valence-electron chi connectivity index (χ3n) is 5.45. The van der Waals surface area contributed by atoms with E-state index in [1.807, 2.05) is 35.2 Å². The minimum atomic E-state index is -0.0570. The maximum atomic E-state index is 13.0. The highest BCUT2D eigenvalue weighted by molar-refractivity contribution is 7.14. The number of carbonyl (C=O) groups is 1. The molecule has 1 amide bonds. The second-order valence-corrected chi connectivity index (χ2v) is 8.73. The number of aromatic nitrogens is 1. The lowest BCUT2D eigenvalue weighted by atomic mass is 10.1. The molecule has 0 atom stereocenters. The number of aryl methyl sites for hydroxylation is 1. The highest BCUT2D eigenvalue weighted by Crippen LogP contribution is 2.32. The third kappa shape index (κ3) is 4.76. The molecule has 1 saturated heterocycles. The third-order valence-corrected chi connectivity index (χ3v) is 6.45. The summed E-state index contributed by atoms with van der Waals surface area (Å²) in [5.74, 6) is 1.29. The summed E-state index contributed by atoms with van der Waals surface area (Å²) >= 11 is 7.56. The summed E-state index contributed by atoms with van der Waals surface area (Å²) in [7, 11) is 3.21. The van der Waals surface area contributed by atoms with E-state index in [-0.39, 0.29) is 5.91 Å². The van der Waals surface area contributed by atoms with Gasteiger partial charge in [-0.15, -0.1) is 11.3 Å². The zero-order valence-electron chi connectivity index (χ0n) is 18.2. The number of nitrogens with zero attached hydrogens (tertiary/aromatic N) is 3. The van der Waals surface area contributed by atoms with Crippen LogP contribution < -0.4 is 19.7 Å². The van der Waals surface area contributed by atoms with Gasteiger partial charge in [-0.3, -0.25) is 4.79 Å². The molecule has 2 heterocycles. The van der Waals surface area contributed by atoms with Crippen LogP contribution in [0.25, 0.3) is 0 Å². The molecule has 7 nitrogen and oxygen atoms in total. The van der Waals surface area contributed by atoms with Crippen LogP contribution in [0.2, 0.25) is 5.02 Å². The van der Waals surface area contributed by atoms with E-state index in [0.717, 1.165) is 29.5 Å². The van der Waals surface area contributed by atoms with E-state index < -0.39 is 0 Å². The number of methoxy groups -OCH3 is 2. The number of ether oxygens (including phenoxy) is 2. The van der Waals surface area contributed by atoms with Gasteiger partial charge in [-0.05, 0) is 36.8 Å². The largest absolute Gasteiger partial charge is 0.497 e. The average Bonchev–Trinajstić information content (AvgIpc) is 3.29. The fourth-order valence-corrected chi connectivity index (χ4v) is 4.55.